The van der Waals surface area contributed by atoms with Gasteiger partial charge in [-0.05, 0) is 38.1 Å². The molecule has 16 heavy (non-hydrogen) atoms. The summed E-state index contributed by atoms with van der Waals surface area (Å²) in [4.78, 5) is 0. The molecule has 0 heterocycles. The van der Waals surface area contributed by atoms with Crippen LogP contribution in [0.1, 0.15) is 58.8 Å². The summed E-state index contributed by atoms with van der Waals surface area (Å²) < 4.78 is 5.55. The van der Waals surface area contributed by atoms with E-state index in [9.17, 15) is 0 Å². The summed E-state index contributed by atoms with van der Waals surface area (Å²) in [5.41, 5.74) is 0. The van der Waals surface area contributed by atoms with Crippen molar-refractivity contribution in [2.45, 2.75) is 64.8 Å². The van der Waals surface area contributed by atoms with Gasteiger partial charge in [0.05, 0.1) is 0 Å². The molecule has 2 nitrogen and oxygen atoms in total. The highest BCUT2D eigenvalue weighted by atomic mass is 16.5. The fraction of sp³-hybridized carbons (Fsp3) is 1.00. The van der Waals surface area contributed by atoms with Gasteiger partial charge in [-0.3, -0.25) is 0 Å². The van der Waals surface area contributed by atoms with E-state index in [1.807, 2.05) is 0 Å². The van der Waals surface area contributed by atoms with Crippen molar-refractivity contribution in [3.63, 3.8) is 0 Å². The van der Waals surface area contributed by atoms with E-state index in [0.717, 1.165) is 38.1 Å². The quantitative estimate of drug-likeness (QED) is 0.610. The van der Waals surface area contributed by atoms with Crippen LogP contribution >= 0.6 is 0 Å². The van der Waals surface area contributed by atoms with Gasteiger partial charge in [-0.25, -0.2) is 0 Å². The maximum atomic E-state index is 5.55. The monoisotopic (exact) mass is 227 g/mol. The number of unbranched alkanes of at least 4 members (excludes halogenated alkanes) is 1. The Kier molecular flexibility index (Phi) is 7.87. The lowest BCUT2D eigenvalue weighted by Crippen LogP contribution is -2.33. The van der Waals surface area contributed by atoms with Crippen LogP contribution in [0.5, 0.6) is 0 Å². The summed E-state index contributed by atoms with van der Waals surface area (Å²) in [6.45, 7) is 7.52. The van der Waals surface area contributed by atoms with E-state index in [-0.39, 0.29) is 0 Å². The largest absolute Gasteiger partial charge is 0.381 e. The fourth-order valence-corrected chi connectivity index (χ4v) is 2.60. The van der Waals surface area contributed by atoms with Crippen LogP contribution in [-0.4, -0.2) is 25.8 Å². The molecular weight excluding hydrogens is 198 g/mol. The molecular formula is C14H29NO. The van der Waals surface area contributed by atoms with E-state index in [2.05, 4.69) is 19.2 Å². The SMILES string of the molecule is CCCCOCCCNC1CCCC1CC. The van der Waals surface area contributed by atoms with Gasteiger partial charge < -0.3 is 10.1 Å². The van der Waals surface area contributed by atoms with Crippen LogP contribution in [0.15, 0.2) is 0 Å². The van der Waals surface area contributed by atoms with Crippen LogP contribution in [0.25, 0.3) is 0 Å². The van der Waals surface area contributed by atoms with Crippen molar-refractivity contribution in [2.24, 2.45) is 5.92 Å². The average molecular weight is 227 g/mol. The van der Waals surface area contributed by atoms with Gasteiger partial charge in [-0.15, -0.1) is 0 Å². The first kappa shape index (κ1) is 14.0. The van der Waals surface area contributed by atoms with Crippen LogP contribution < -0.4 is 5.32 Å². The Bertz CT molecular complexity index is 161. The molecule has 1 aliphatic rings. The highest BCUT2D eigenvalue weighted by Gasteiger charge is 2.24. The maximum Gasteiger partial charge on any atom is 0.0478 e. The third kappa shape index (κ3) is 5.31. The summed E-state index contributed by atoms with van der Waals surface area (Å²) in [5.74, 6) is 0.931. The van der Waals surface area contributed by atoms with Gasteiger partial charge >= 0.3 is 0 Å². The van der Waals surface area contributed by atoms with Gasteiger partial charge in [0.25, 0.3) is 0 Å². The minimum absolute atomic E-state index is 0.792. The molecule has 0 bridgehead atoms. The molecule has 1 aliphatic carbocycles. The van der Waals surface area contributed by atoms with E-state index in [0.29, 0.717) is 0 Å². The van der Waals surface area contributed by atoms with Crippen molar-refractivity contribution >= 4 is 0 Å². The first-order valence-electron chi connectivity index (χ1n) is 7.19. The number of rotatable bonds is 9. The van der Waals surface area contributed by atoms with Gasteiger partial charge in [-0.1, -0.05) is 33.1 Å². The molecule has 0 saturated heterocycles. The molecule has 0 aromatic rings. The third-order valence-corrected chi connectivity index (χ3v) is 3.70. The maximum absolute atomic E-state index is 5.55. The molecule has 0 aromatic carbocycles. The molecule has 1 saturated carbocycles. The minimum atomic E-state index is 0.792. The van der Waals surface area contributed by atoms with Crippen molar-refractivity contribution in [2.75, 3.05) is 19.8 Å². The topological polar surface area (TPSA) is 21.3 Å². The zero-order valence-electron chi connectivity index (χ0n) is 11.1. The van der Waals surface area contributed by atoms with Crippen LogP contribution in [0.2, 0.25) is 0 Å². The van der Waals surface area contributed by atoms with E-state index < -0.39 is 0 Å². The van der Waals surface area contributed by atoms with Gasteiger partial charge in [0.15, 0.2) is 0 Å². The van der Waals surface area contributed by atoms with Crippen molar-refractivity contribution < 1.29 is 4.74 Å². The molecule has 1 fully saturated rings. The van der Waals surface area contributed by atoms with E-state index in [1.54, 1.807) is 0 Å². The molecule has 0 aromatic heterocycles. The van der Waals surface area contributed by atoms with Gasteiger partial charge in [0.2, 0.25) is 0 Å². The van der Waals surface area contributed by atoms with Crippen molar-refractivity contribution in [1.82, 2.24) is 5.32 Å². The number of nitrogens with one attached hydrogen (secondary N) is 1. The number of hydrogen-bond acceptors (Lipinski definition) is 2. The Morgan fingerprint density at radius 1 is 1.12 bits per heavy atom. The van der Waals surface area contributed by atoms with Crippen LogP contribution in [0.3, 0.4) is 0 Å². The van der Waals surface area contributed by atoms with Crippen molar-refractivity contribution in [1.29, 1.82) is 0 Å². The summed E-state index contributed by atoms with van der Waals surface area (Å²) in [6, 6.07) is 0.792. The molecule has 1 N–H and O–H groups in total. The Morgan fingerprint density at radius 3 is 2.69 bits per heavy atom. The lowest BCUT2D eigenvalue weighted by molar-refractivity contribution is 0.128. The smallest absolute Gasteiger partial charge is 0.0478 e. The molecule has 96 valence electrons. The van der Waals surface area contributed by atoms with Gasteiger partial charge in [0.1, 0.15) is 0 Å². The molecule has 0 aliphatic heterocycles. The normalized spacial score (nSPS) is 25.1. The Balaban J connectivity index is 1.90. The first-order valence-corrected chi connectivity index (χ1v) is 7.19. The molecule has 0 amide bonds. The summed E-state index contributed by atoms with van der Waals surface area (Å²) in [5, 5.41) is 3.69. The summed E-state index contributed by atoms with van der Waals surface area (Å²) in [7, 11) is 0. The average Bonchev–Trinajstić information content (AvgIpc) is 2.75. The highest BCUT2D eigenvalue weighted by Crippen LogP contribution is 2.27. The Labute approximate surface area is 101 Å². The van der Waals surface area contributed by atoms with Crippen molar-refractivity contribution in [3.05, 3.63) is 0 Å². The summed E-state index contributed by atoms with van der Waals surface area (Å²) >= 11 is 0. The highest BCUT2D eigenvalue weighted by molar-refractivity contribution is 4.81. The fourth-order valence-electron chi connectivity index (χ4n) is 2.60. The van der Waals surface area contributed by atoms with Crippen molar-refractivity contribution in [3.8, 4) is 0 Å². The number of hydrogen-bond donors (Lipinski definition) is 1. The molecule has 0 radical (unpaired) electrons. The van der Waals surface area contributed by atoms with Crippen LogP contribution in [0.4, 0.5) is 0 Å². The molecule has 0 spiro atoms. The second-order valence-corrected chi connectivity index (χ2v) is 4.98. The van der Waals surface area contributed by atoms with Gasteiger partial charge in [-0.2, -0.15) is 0 Å². The molecule has 2 heteroatoms. The van der Waals surface area contributed by atoms with E-state index in [1.165, 1.54) is 38.5 Å². The molecule has 2 atom stereocenters. The second-order valence-electron chi connectivity index (χ2n) is 4.98. The predicted octanol–water partition coefficient (Wildman–Crippen LogP) is 3.36. The molecule has 1 rings (SSSR count). The minimum Gasteiger partial charge on any atom is -0.381 e. The Morgan fingerprint density at radius 2 is 1.94 bits per heavy atom. The van der Waals surface area contributed by atoms with Crippen LogP contribution in [-0.2, 0) is 4.74 Å². The zero-order chi connectivity index (χ0) is 11.6. The lowest BCUT2D eigenvalue weighted by Gasteiger charge is -2.19. The predicted molar refractivity (Wildman–Crippen MR) is 69.8 cm³/mol. The Hall–Kier alpha value is -0.0800. The van der Waals surface area contributed by atoms with E-state index in [4.69, 9.17) is 4.74 Å². The zero-order valence-corrected chi connectivity index (χ0v) is 11.1. The lowest BCUT2D eigenvalue weighted by atomic mass is 10.0. The van der Waals surface area contributed by atoms with Gasteiger partial charge in [0, 0.05) is 19.3 Å². The number of ether oxygens (including phenoxy) is 1. The first-order chi connectivity index (χ1) is 7.88. The summed E-state index contributed by atoms with van der Waals surface area (Å²) in [6.07, 6.45) is 9.17. The van der Waals surface area contributed by atoms with Crippen LogP contribution in [0, 0.1) is 5.92 Å². The van der Waals surface area contributed by atoms with E-state index >= 15 is 0 Å². The second kappa shape index (κ2) is 9.00. The third-order valence-electron chi connectivity index (χ3n) is 3.70. The molecule has 2 unspecified atom stereocenters. The standard InChI is InChI=1S/C14H29NO/c1-3-5-11-16-12-7-10-15-14-9-6-8-13(14)4-2/h13-15H,3-12H2,1-2H3.